The summed E-state index contributed by atoms with van der Waals surface area (Å²) in [6.07, 6.45) is 4.02. The van der Waals surface area contributed by atoms with Crippen LogP contribution in [0.15, 0.2) is 119 Å². The Morgan fingerprint density at radius 2 is 1.53 bits per heavy atom. The van der Waals surface area contributed by atoms with Gasteiger partial charge in [0.05, 0.1) is 31.8 Å². The summed E-state index contributed by atoms with van der Waals surface area (Å²) in [6, 6.07) is 26.7. The second-order valence-corrected chi connectivity index (χ2v) is 17.0. The third kappa shape index (κ3) is 7.64. The molecule has 0 fully saturated rings. The predicted molar refractivity (Wildman–Crippen MR) is 237 cm³/mol. The number of hydrogen-bond donors (Lipinski definition) is 1. The Morgan fingerprint density at radius 3 is 2.12 bits per heavy atom. The van der Waals surface area contributed by atoms with Gasteiger partial charge in [0.2, 0.25) is 5.13 Å². The molecule has 7 aromatic rings. The molecule has 3 aromatic carbocycles. The molecule has 57 heavy (non-hydrogen) atoms. The summed E-state index contributed by atoms with van der Waals surface area (Å²) in [5.41, 5.74) is 9.32. The number of thiazole rings is 2. The maximum atomic E-state index is 10.6. The van der Waals surface area contributed by atoms with E-state index in [4.69, 9.17) is 30.3 Å². The van der Waals surface area contributed by atoms with Crippen molar-refractivity contribution in [3.05, 3.63) is 136 Å². The molecule has 0 aliphatic carbocycles. The number of aryl methyl sites for hydroxylation is 3. The normalized spacial score (nSPS) is 12.5. The highest BCUT2D eigenvalue weighted by Crippen LogP contribution is 2.45. The maximum Gasteiger partial charge on any atom is 0.213 e. The first-order chi connectivity index (χ1) is 27.3. The number of azo groups is 1. The SMILES string of the molecule is C=C(C)/C(Nc1nc(N(c2nc3ccccc3s2)c2c(C)cccc2C)cc(C)c1N=Nc1c(C#N)c(C(C)(C)C)nn1-c1nc2ccccc2s1)=C(C)\C=C/C. The molecule has 10 nitrogen and oxygen atoms in total. The lowest BCUT2D eigenvalue weighted by Gasteiger charge is -2.26. The van der Waals surface area contributed by atoms with Crippen LogP contribution in [0.2, 0.25) is 0 Å². The first-order valence-electron chi connectivity index (χ1n) is 18.6. The molecule has 286 valence electrons. The van der Waals surface area contributed by atoms with Gasteiger partial charge < -0.3 is 5.32 Å². The molecule has 12 heteroatoms. The van der Waals surface area contributed by atoms with Crippen LogP contribution in [-0.2, 0) is 5.41 Å². The summed E-state index contributed by atoms with van der Waals surface area (Å²) in [4.78, 5) is 17.4. The van der Waals surface area contributed by atoms with Crippen LogP contribution in [0.25, 0.3) is 25.6 Å². The molecule has 0 aliphatic heterocycles. The fourth-order valence-electron chi connectivity index (χ4n) is 6.70. The summed E-state index contributed by atoms with van der Waals surface area (Å²) in [5, 5.41) is 30.3. The van der Waals surface area contributed by atoms with Gasteiger partial charge in [-0.05, 0) is 99.7 Å². The Hall–Kier alpha value is -6.29. The van der Waals surface area contributed by atoms with Gasteiger partial charge >= 0.3 is 0 Å². The van der Waals surface area contributed by atoms with Crippen molar-refractivity contribution < 1.29 is 0 Å². The number of hydrogen-bond acceptors (Lipinski definition) is 11. The summed E-state index contributed by atoms with van der Waals surface area (Å²) >= 11 is 3.09. The predicted octanol–water partition coefficient (Wildman–Crippen LogP) is 13.3. The molecular formula is C45H44N10S2. The minimum atomic E-state index is -0.452. The minimum Gasteiger partial charge on any atom is -0.338 e. The molecule has 0 bridgehead atoms. The molecule has 0 spiro atoms. The molecule has 0 atom stereocenters. The maximum absolute atomic E-state index is 10.6. The van der Waals surface area contributed by atoms with Gasteiger partial charge in [-0.25, -0.2) is 15.0 Å². The second kappa shape index (κ2) is 15.7. The monoisotopic (exact) mass is 788 g/mol. The highest BCUT2D eigenvalue weighted by molar-refractivity contribution is 7.22. The summed E-state index contributed by atoms with van der Waals surface area (Å²) in [7, 11) is 0. The van der Waals surface area contributed by atoms with E-state index in [0.29, 0.717) is 39.5 Å². The lowest BCUT2D eigenvalue weighted by atomic mass is 9.90. The molecule has 0 saturated heterocycles. The quantitative estimate of drug-likeness (QED) is 0.108. The molecule has 1 N–H and O–H groups in total. The van der Waals surface area contributed by atoms with Gasteiger partial charge in [-0.2, -0.15) is 15.0 Å². The smallest absolute Gasteiger partial charge is 0.213 e. The summed E-state index contributed by atoms with van der Waals surface area (Å²) in [6.45, 7) is 22.6. The summed E-state index contributed by atoms with van der Waals surface area (Å²) < 4.78 is 3.72. The number of pyridine rings is 1. The third-order valence-corrected chi connectivity index (χ3v) is 11.4. The van der Waals surface area contributed by atoms with Crippen molar-refractivity contribution in [2.75, 3.05) is 10.2 Å². The van der Waals surface area contributed by atoms with E-state index in [0.717, 1.165) is 64.8 Å². The van der Waals surface area contributed by atoms with E-state index in [9.17, 15) is 5.26 Å². The van der Waals surface area contributed by atoms with Crippen molar-refractivity contribution in [3.8, 4) is 11.2 Å². The fourth-order valence-corrected chi connectivity index (χ4v) is 8.60. The van der Waals surface area contributed by atoms with E-state index >= 15 is 0 Å². The van der Waals surface area contributed by atoms with E-state index < -0.39 is 5.41 Å². The highest BCUT2D eigenvalue weighted by Gasteiger charge is 2.30. The van der Waals surface area contributed by atoms with E-state index in [1.807, 2.05) is 109 Å². The Balaban J connectivity index is 1.47. The molecule has 7 rings (SSSR count). The van der Waals surface area contributed by atoms with Crippen molar-refractivity contribution in [3.63, 3.8) is 0 Å². The van der Waals surface area contributed by atoms with Crippen LogP contribution in [0.1, 0.15) is 69.5 Å². The zero-order chi connectivity index (χ0) is 40.6. The van der Waals surface area contributed by atoms with E-state index in [1.165, 1.54) is 11.3 Å². The lowest BCUT2D eigenvalue weighted by molar-refractivity contribution is 0.559. The minimum absolute atomic E-state index is 0.295. The van der Waals surface area contributed by atoms with Gasteiger partial charge in [-0.1, -0.05) is 105 Å². The van der Waals surface area contributed by atoms with E-state index in [-0.39, 0.29) is 0 Å². The lowest BCUT2D eigenvalue weighted by Crippen LogP contribution is -2.15. The zero-order valence-electron chi connectivity index (χ0n) is 33.6. The van der Waals surface area contributed by atoms with Crippen molar-refractivity contribution in [2.45, 2.75) is 67.7 Å². The number of rotatable bonds is 10. The topological polar surface area (TPSA) is 120 Å². The van der Waals surface area contributed by atoms with Crippen molar-refractivity contribution in [1.29, 1.82) is 5.26 Å². The van der Waals surface area contributed by atoms with Crippen LogP contribution in [0, 0.1) is 32.1 Å². The standard InChI is InChI=1S/C45H44N10S2/c1-11-17-27(4)37(26(2)3)50-41-38(51-52-42-31(25-46)40(45(8,9)10)53-55(42)44-48-33-21-13-15-23-35(33)57-44)30(7)24-36(49-41)54(39-28(5)18-16-19-29(39)6)43-47-32-20-12-14-22-34(32)56-43/h11-24H,2H2,1,3-10H3,(H,49,50)/b17-11-,37-27+,52-51?. The molecule has 4 heterocycles. The van der Waals surface area contributed by atoms with Gasteiger partial charge in [0, 0.05) is 11.1 Å². The van der Waals surface area contributed by atoms with Gasteiger partial charge in [0.15, 0.2) is 16.8 Å². The average Bonchev–Trinajstić information content (AvgIpc) is 3.89. The van der Waals surface area contributed by atoms with Crippen LogP contribution >= 0.6 is 22.7 Å². The second-order valence-electron chi connectivity index (χ2n) is 15.0. The van der Waals surface area contributed by atoms with Crippen molar-refractivity contribution in [1.82, 2.24) is 24.7 Å². The summed E-state index contributed by atoms with van der Waals surface area (Å²) in [5.74, 6) is 1.42. The molecule has 0 radical (unpaired) electrons. The number of fused-ring (bicyclic) bond motifs is 2. The Kier molecular flexibility index (Phi) is 10.7. The Bertz CT molecular complexity index is 2730. The zero-order valence-corrected chi connectivity index (χ0v) is 35.3. The van der Waals surface area contributed by atoms with Crippen LogP contribution in [-0.4, -0.2) is 24.7 Å². The number of nitrogens with zero attached hydrogens (tertiary/aromatic N) is 9. The number of benzene rings is 3. The Morgan fingerprint density at radius 1 is 0.877 bits per heavy atom. The highest BCUT2D eigenvalue weighted by atomic mass is 32.1. The number of nitrogens with one attached hydrogen (secondary N) is 1. The molecule has 0 aliphatic rings. The number of anilines is 4. The first-order valence-corrected chi connectivity index (χ1v) is 20.2. The van der Waals surface area contributed by atoms with Gasteiger partial charge in [-0.3, -0.25) is 4.90 Å². The number of aromatic nitrogens is 5. The molecule has 0 amide bonds. The molecule has 4 aromatic heterocycles. The Labute approximate surface area is 341 Å². The van der Waals surface area contributed by atoms with Gasteiger partial charge in [0.1, 0.15) is 23.1 Å². The third-order valence-electron chi connectivity index (χ3n) is 9.41. The molecule has 0 unspecified atom stereocenters. The van der Waals surface area contributed by atoms with Crippen molar-refractivity contribution >= 4 is 77.1 Å². The van der Waals surface area contributed by atoms with Gasteiger partial charge in [0.25, 0.3) is 0 Å². The molecular weight excluding hydrogens is 745 g/mol. The average molecular weight is 789 g/mol. The largest absolute Gasteiger partial charge is 0.338 e. The van der Waals surface area contributed by atoms with Crippen LogP contribution in [0.4, 0.5) is 34.0 Å². The van der Waals surface area contributed by atoms with Gasteiger partial charge in [-0.15, -0.1) is 10.2 Å². The fraction of sp³-hybridized carbons (Fsp3) is 0.222. The van der Waals surface area contributed by atoms with Crippen molar-refractivity contribution in [2.24, 2.45) is 10.2 Å². The molecule has 0 saturated carbocycles. The number of nitriles is 1. The van der Waals surface area contributed by atoms with Crippen LogP contribution in [0.3, 0.4) is 0 Å². The number of allylic oxidation sites excluding steroid dienone is 4. The van der Waals surface area contributed by atoms with E-state index in [2.05, 4.69) is 61.0 Å². The van der Waals surface area contributed by atoms with E-state index in [1.54, 1.807) is 16.0 Å². The van der Waals surface area contributed by atoms with Crippen LogP contribution in [0.5, 0.6) is 0 Å². The first kappa shape index (κ1) is 39.0. The number of para-hydroxylation sites is 3. The van der Waals surface area contributed by atoms with Crippen LogP contribution < -0.4 is 10.2 Å².